The molecule has 0 saturated carbocycles. The first-order chi connectivity index (χ1) is 8.36. The summed E-state index contributed by atoms with van der Waals surface area (Å²) in [5.41, 5.74) is -1.30. The molecule has 0 aliphatic heterocycles. The van der Waals surface area contributed by atoms with Crippen molar-refractivity contribution in [3.8, 4) is 0 Å². The van der Waals surface area contributed by atoms with Gasteiger partial charge in [-0.05, 0) is 0 Å². The average molecular weight is 273 g/mol. The number of nitrogens with one attached hydrogen (secondary N) is 1. The maximum Gasteiger partial charge on any atom is 0.411 e. The Balaban J connectivity index is 3.35. The van der Waals surface area contributed by atoms with Crippen molar-refractivity contribution in [1.29, 1.82) is 0 Å². The number of carbonyl (C=O) groups excluding carboxylic acids is 1. The smallest absolute Gasteiger partial charge is 0.411 e. The predicted molar refractivity (Wildman–Crippen MR) is 63.0 cm³/mol. The van der Waals surface area contributed by atoms with Gasteiger partial charge in [0.15, 0.2) is 0 Å². The minimum atomic E-state index is -0.917. The zero-order valence-electron chi connectivity index (χ0n) is 8.95. The molecule has 0 fully saturated rings. The lowest BCUT2D eigenvalue weighted by Gasteiger charge is -2.06. The Morgan fingerprint density at radius 1 is 1.33 bits per heavy atom. The van der Waals surface area contributed by atoms with Crippen LogP contribution in [0.15, 0.2) is 17.0 Å². The van der Waals surface area contributed by atoms with E-state index in [1.807, 2.05) is 0 Å². The summed E-state index contributed by atoms with van der Waals surface area (Å²) in [5, 5.41) is 23.4. The maximum atomic E-state index is 11.0. The van der Waals surface area contributed by atoms with E-state index >= 15 is 0 Å². The number of non-ortho nitro benzene ring substituents is 1. The molecule has 0 heterocycles. The van der Waals surface area contributed by atoms with Gasteiger partial charge in [-0.2, -0.15) is 0 Å². The number of nitro groups is 2. The highest BCUT2D eigenvalue weighted by Gasteiger charge is 2.23. The zero-order valence-corrected chi connectivity index (χ0v) is 9.84. The van der Waals surface area contributed by atoms with E-state index in [9.17, 15) is 25.0 Å². The molecule has 1 aromatic rings. The Bertz CT molecular complexity index is 532. The van der Waals surface area contributed by atoms with E-state index in [-0.39, 0.29) is 10.6 Å². The first kappa shape index (κ1) is 13.7. The van der Waals surface area contributed by atoms with Crippen LogP contribution in [0.1, 0.15) is 0 Å². The number of methoxy groups -OCH3 is 1. The molecule has 0 bridgehead atoms. The number of carbonyl (C=O) groups is 1. The zero-order chi connectivity index (χ0) is 13.9. The van der Waals surface area contributed by atoms with Gasteiger partial charge in [0, 0.05) is 6.07 Å². The van der Waals surface area contributed by atoms with E-state index in [2.05, 4.69) is 22.7 Å². The third-order valence-corrected chi connectivity index (χ3v) is 2.37. The van der Waals surface area contributed by atoms with Gasteiger partial charge in [0.2, 0.25) is 0 Å². The van der Waals surface area contributed by atoms with Crippen LogP contribution in [0.2, 0.25) is 0 Å². The van der Waals surface area contributed by atoms with Crippen LogP contribution in [0.5, 0.6) is 0 Å². The molecule has 96 valence electrons. The molecule has 1 aromatic carbocycles. The molecule has 0 aliphatic rings. The van der Waals surface area contributed by atoms with E-state index in [0.717, 1.165) is 19.2 Å². The van der Waals surface area contributed by atoms with Crippen LogP contribution < -0.4 is 5.32 Å². The molecule has 1 rings (SSSR count). The summed E-state index contributed by atoms with van der Waals surface area (Å²) < 4.78 is 4.29. The minimum absolute atomic E-state index is 0.175. The Kier molecular flexibility index (Phi) is 4.05. The molecule has 0 aliphatic carbocycles. The van der Waals surface area contributed by atoms with Crippen LogP contribution >= 0.6 is 12.6 Å². The molecule has 0 unspecified atom stereocenters. The maximum absolute atomic E-state index is 11.0. The van der Waals surface area contributed by atoms with Crippen LogP contribution in [0, 0.1) is 20.2 Å². The number of thiol groups is 1. The van der Waals surface area contributed by atoms with Crippen molar-refractivity contribution in [2.75, 3.05) is 12.4 Å². The molecule has 18 heavy (non-hydrogen) atoms. The van der Waals surface area contributed by atoms with E-state index in [4.69, 9.17) is 0 Å². The third kappa shape index (κ3) is 2.85. The summed E-state index contributed by atoms with van der Waals surface area (Å²) in [7, 11) is 1.08. The lowest BCUT2D eigenvalue weighted by Crippen LogP contribution is -2.12. The van der Waals surface area contributed by atoms with Crippen LogP contribution in [0.3, 0.4) is 0 Å². The molecular weight excluding hydrogens is 266 g/mol. The Hall–Kier alpha value is -2.36. The number of nitro benzene ring substituents is 2. The van der Waals surface area contributed by atoms with Crippen molar-refractivity contribution >= 4 is 35.8 Å². The van der Waals surface area contributed by atoms with Crippen LogP contribution in [-0.2, 0) is 4.74 Å². The molecular formula is C8H7N3O6S. The first-order valence-electron chi connectivity index (χ1n) is 4.37. The number of benzene rings is 1. The lowest BCUT2D eigenvalue weighted by atomic mass is 10.2. The van der Waals surface area contributed by atoms with Gasteiger partial charge in [-0.3, -0.25) is 25.5 Å². The molecule has 0 aromatic heterocycles. The second kappa shape index (κ2) is 5.31. The first-order valence-corrected chi connectivity index (χ1v) is 4.82. The number of rotatable bonds is 3. The van der Waals surface area contributed by atoms with Crippen molar-refractivity contribution in [3.05, 3.63) is 32.4 Å². The highest BCUT2D eigenvalue weighted by Crippen LogP contribution is 2.34. The topological polar surface area (TPSA) is 125 Å². The standard InChI is InChI=1S/C8H7N3O6S/c1-17-8(12)9-5-2-4(10(13)14)3-6(7(5)18)11(15)16/h2-3,18H,1H3,(H,9,12). The van der Waals surface area contributed by atoms with Crippen molar-refractivity contribution in [2.24, 2.45) is 0 Å². The SMILES string of the molecule is COC(=O)Nc1cc([N+](=O)[O-])cc([N+](=O)[O-])c1S. The Morgan fingerprint density at radius 2 is 1.94 bits per heavy atom. The van der Waals surface area contributed by atoms with Crippen LogP contribution in [-0.4, -0.2) is 23.0 Å². The summed E-state index contributed by atoms with van der Waals surface area (Å²) in [4.78, 5) is 30.4. The number of nitrogens with zero attached hydrogens (tertiary/aromatic N) is 2. The Morgan fingerprint density at radius 3 is 2.39 bits per heavy atom. The number of hydrogen-bond donors (Lipinski definition) is 2. The van der Waals surface area contributed by atoms with Gasteiger partial charge in [0.25, 0.3) is 11.4 Å². The second-order valence-corrected chi connectivity index (χ2v) is 3.44. The summed E-state index contributed by atoms with van der Waals surface area (Å²) in [6.45, 7) is 0. The van der Waals surface area contributed by atoms with E-state index in [1.54, 1.807) is 0 Å². The van der Waals surface area contributed by atoms with Gasteiger partial charge in [-0.25, -0.2) is 4.79 Å². The monoisotopic (exact) mass is 273 g/mol. The summed E-state index contributed by atoms with van der Waals surface area (Å²) in [6, 6.07) is 1.71. The van der Waals surface area contributed by atoms with Crippen LogP contribution in [0.4, 0.5) is 21.9 Å². The number of amides is 1. The van der Waals surface area contributed by atoms with Crippen LogP contribution in [0.25, 0.3) is 0 Å². The number of hydrogen-bond acceptors (Lipinski definition) is 7. The van der Waals surface area contributed by atoms with E-state index in [0.29, 0.717) is 0 Å². The quantitative estimate of drug-likeness (QED) is 0.492. The van der Waals surface area contributed by atoms with Crippen molar-refractivity contribution in [1.82, 2.24) is 0 Å². The van der Waals surface area contributed by atoms with Gasteiger partial charge in [0.05, 0.1) is 28.7 Å². The predicted octanol–water partition coefficient (Wildman–Crippen LogP) is 1.97. The number of ether oxygens (including phenoxy) is 1. The second-order valence-electron chi connectivity index (χ2n) is 2.99. The fourth-order valence-electron chi connectivity index (χ4n) is 1.11. The van der Waals surface area contributed by atoms with Crippen molar-refractivity contribution in [3.63, 3.8) is 0 Å². The molecule has 0 spiro atoms. The molecule has 0 atom stereocenters. The summed E-state index contributed by atoms with van der Waals surface area (Å²) in [5.74, 6) is 0. The third-order valence-electron chi connectivity index (χ3n) is 1.90. The molecule has 10 heteroatoms. The average Bonchev–Trinajstić information content (AvgIpc) is 2.30. The fourth-order valence-corrected chi connectivity index (χ4v) is 1.37. The largest absolute Gasteiger partial charge is 0.453 e. The van der Waals surface area contributed by atoms with Gasteiger partial charge in [0.1, 0.15) is 4.90 Å². The highest BCUT2D eigenvalue weighted by atomic mass is 32.1. The van der Waals surface area contributed by atoms with Crippen molar-refractivity contribution in [2.45, 2.75) is 4.90 Å². The van der Waals surface area contributed by atoms with Gasteiger partial charge < -0.3 is 4.74 Å². The fraction of sp³-hybridized carbons (Fsp3) is 0.125. The molecule has 1 amide bonds. The van der Waals surface area contributed by atoms with E-state index in [1.165, 1.54) is 0 Å². The number of anilines is 1. The Labute approximate surface area is 105 Å². The lowest BCUT2D eigenvalue weighted by molar-refractivity contribution is -0.395. The van der Waals surface area contributed by atoms with Gasteiger partial charge in [-0.15, -0.1) is 12.6 Å². The summed E-state index contributed by atoms with van der Waals surface area (Å²) >= 11 is 3.85. The van der Waals surface area contributed by atoms with Crippen molar-refractivity contribution < 1.29 is 19.4 Å². The molecule has 9 nitrogen and oxygen atoms in total. The summed E-state index contributed by atoms with van der Waals surface area (Å²) in [6.07, 6.45) is -0.917. The molecule has 0 saturated heterocycles. The van der Waals surface area contributed by atoms with Gasteiger partial charge in [-0.1, -0.05) is 0 Å². The minimum Gasteiger partial charge on any atom is -0.453 e. The molecule has 1 N–H and O–H groups in total. The van der Waals surface area contributed by atoms with Gasteiger partial charge >= 0.3 is 6.09 Å². The van der Waals surface area contributed by atoms with E-state index < -0.39 is 27.3 Å². The molecule has 0 radical (unpaired) electrons. The highest BCUT2D eigenvalue weighted by molar-refractivity contribution is 7.80. The normalized spacial score (nSPS) is 9.67.